The van der Waals surface area contributed by atoms with Crippen molar-refractivity contribution in [2.45, 2.75) is 19.5 Å². The Morgan fingerprint density at radius 3 is 2.43 bits per heavy atom. The third-order valence-corrected chi connectivity index (χ3v) is 7.68. The van der Waals surface area contributed by atoms with Crippen LogP contribution < -0.4 is 9.62 Å². The summed E-state index contributed by atoms with van der Waals surface area (Å²) in [6.45, 7) is 1.76. The van der Waals surface area contributed by atoms with E-state index in [0.29, 0.717) is 39.8 Å². The van der Waals surface area contributed by atoms with Gasteiger partial charge in [0.05, 0.1) is 17.0 Å². The number of phenols is 1. The first kappa shape index (κ1) is 25.1. The molecule has 4 rings (SSSR count). The first-order valence-corrected chi connectivity index (χ1v) is 13.0. The Labute approximate surface area is 208 Å². The Hall–Kier alpha value is -3.05. The number of aromatic hydroxyl groups is 1. The van der Waals surface area contributed by atoms with Gasteiger partial charge in [-0.15, -0.1) is 0 Å². The van der Waals surface area contributed by atoms with Gasteiger partial charge in [0.15, 0.2) is 0 Å². The largest absolute Gasteiger partial charge is 0.506 e. The smallest absolute Gasteiger partial charge is 0.416 e. The number of sulfonamides is 1. The molecule has 1 aliphatic rings. The molecule has 1 heterocycles. The second-order valence-corrected chi connectivity index (χ2v) is 10.8. The van der Waals surface area contributed by atoms with Gasteiger partial charge in [-0.25, -0.2) is 8.42 Å². The van der Waals surface area contributed by atoms with Gasteiger partial charge < -0.3 is 10.0 Å². The van der Waals surface area contributed by atoms with Crippen LogP contribution in [-0.4, -0.2) is 31.7 Å². The highest BCUT2D eigenvalue weighted by atomic mass is 79.9. The zero-order valence-electron chi connectivity index (χ0n) is 18.4. The van der Waals surface area contributed by atoms with Gasteiger partial charge in [-0.2, -0.15) is 13.2 Å². The predicted molar refractivity (Wildman–Crippen MR) is 131 cm³/mol. The second-order valence-electron chi connectivity index (χ2n) is 7.98. The van der Waals surface area contributed by atoms with Crippen molar-refractivity contribution in [3.8, 4) is 16.9 Å². The summed E-state index contributed by atoms with van der Waals surface area (Å²) in [5.41, 5.74) is 2.07. The summed E-state index contributed by atoms with van der Waals surface area (Å²) in [6, 6.07) is 12.8. The van der Waals surface area contributed by atoms with E-state index < -0.39 is 21.8 Å². The van der Waals surface area contributed by atoms with E-state index in [-0.39, 0.29) is 23.1 Å². The molecule has 0 aliphatic carbocycles. The molecule has 0 atom stereocenters. The molecule has 0 fully saturated rings. The number of amides is 1. The van der Waals surface area contributed by atoms with E-state index in [2.05, 4.69) is 20.7 Å². The van der Waals surface area contributed by atoms with Crippen LogP contribution in [0.3, 0.4) is 0 Å². The minimum Gasteiger partial charge on any atom is -0.506 e. The lowest BCUT2D eigenvalue weighted by Gasteiger charge is -2.29. The first-order chi connectivity index (χ1) is 16.4. The van der Waals surface area contributed by atoms with Crippen LogP contribution >= 0.6 is 15.9 Å². The fourth-order valence-corrected chi connectivity index (χ4v) is 5.09. The highest BCUT2D eigenvalue weighted by Gasteiger charge is 2.31. The van der Waals surface area contributed by atoms with Gasteiger partial charge in [-0.1, -0.05) is 34.1 Å². The molecule has 35 heavy (non-hydrogen) atoms. The van der Waals surface area contributed by atoms with Crippen molar-refractivity contribution < 1.29 is 31.5 Å². The predicted octanol–water partition coefficient (Wildman–Crippen LogP) is 5.81. The molecule has 1 aliphatic heterocycles. The fourth-order valence-electron chi connectivity index (χ4n) is 3.84. The molecule has 2 N–H and O–H groups in total. The van der Waals surface area contributed by atoms with Crippen LogP contribution in [0, 0.1) is 0 Å². The molecular formula is C24H20BrF3N2O4S. The minimum atomic E-state index is -4.45. The number of carbonyl (C=O) groups is 1. The average molecular weight is 569 g/mol. The van der Waals surface area contributed by atoms with E-state index in [4.69, 9.17) is 0 Å². The van der Waals surface area contributed by atoms with Gasteiger partial charge in [-0.3, -0.25) is 9.52 Å². The Bertz CT molecular complexity index is 1420. The number of alkyl halides is 3. The Kier molecular flexibility index (Phi) is 6.58. The summed E-state index contributed by atoms with van der Waals surface area (Å²) in [5, 5.41) is 10.0. The van der Waals surface area contributed by atoms with Crippen molar-refractivity contribution in [2.24, 2.45) is 0 Å². The summed E-state index contributed by atoms with van der Waals surface area (Å²) in [7, 11) is -3.63. The molecule has 0 bridgehead atoms. The monoisotopic (exact) mass is 568 g/mol. The molecule has 3 aromatic rings. The van der Waals surface area contributed by atoms with E-state index >= 15 is 0 Å². The van der Waals surface area contributed by atoms with Crippen LogP contribution in [0.15, 0.2) is 59.1 Å². The van der Waals surface area contributed by atoms with Crippen LogP contribution in [0.1, 0.15) is 28.4 Å². The van der Waals surface area contributed by atoms with E-state index in [1.54, 1.807) is 18.2 Å². The molecule has 0 unspecified atom stereocenters. The number of rotatable bonds is 5. The van der Waals surface area contributed by atoms with Crippen molar-refractivity contribution in [1.82, 2.24) is 0 Å². The number of hydrogen-bond acceptors (Lipinski definition) is 4. The van der Waals surface area contributed by atoms with Gasteiger partial charge >= 0.3 is 6.18 Å². The molecule has 0 saturated carbocycles. The molecule has 0 aromatic heterocycles. The summed E-state index contributed by atoms with van der Waals surface area (Å²) >= 11 is 3.22. The lowest BCUT2D eigenvalue weighted by atomic mass is 9.93. The summed E-state index contributed by atoms with van der Waals surface area (Å²) in [6.07, 6.45) is -3.97. The van der Waals surface area contributed by atoms with E-state index in [1.807, 2.05) is 0 Å². The maximum absolute atomic E-state index is 13.2. The minimum absolute atomic E-state index is 0.0227. The third kappa shape index (κ3) is 5.15. The number of hydrogen-bond donors (Lipinski definition) is 2. The number of benzene rings is 3. The molecule has 0 saturated heterocycles. The third-order valence-electron chi connectivity index (χ3n) is 5.73. The molecule has 3 aromatic carbocycles. The molecule has 0 spiro atoms. The fraction of sp³-hybridized carbons (Fsp3) is 0.208. The number of halogens is 4. The number of nitrogens with zero attached hydrogens (tertiary/aromatic N) is 1. The van der Waals surface area contributed by atoms with Gasteiger partial charge in [0, 0.05) is 22.3 Å². The standard InChI is InChI=1S/C24H20BrF3N2O4S/c1-2-35(33,34)29-21-13-17(5-8-22(21)31)30-10-9-15-11-14(3-6-19(15)23(30)32)18-7-4-16(12-20(18)25)24(26,27)28/h3-8,11-13,29,31H,2,9-10H2,1H3. The SMILES string of the molecule is CCS(=O)(=O)Nc1cc(N2CCc3cc(-c4ccc(C(F)(F)F)cc4Br)ccc3C2=O)ccc1O. The van der Waals surface area contributed by atoms with Gasteiger partial charge in [0.25, 0.3) is 5.91 Å². The maximum Gasteiger partial charge on any atom is 0.416 e. The van der Waals surface area contributed by atoms with Crippen molar-refractivity contribution in [3.63, 3.8) is 0 Å². The highest BCUT2D eigenvalue weighted by molar-refractivity contribution is 9.10. The normalized spacial score (nSPS) is 14.1. The van der Waals surface area contributed by atoms with Crippen LogP contribution in [0.5, 0.6) is 5.75 Å². The van der Waals surface area contributed by atoms with E-state index in [1.165, 1.54) is 36.1 Å². The summed E-state index contributed by atoms with van der Waals surface area (Å²) in [5.74, 6) is -0.744. The second kappa shape index (κ2) is 9.19. The zero-order chi connectivity index (χ0) is 25.5. The van der Waals surface area contributed by atoms with Gasteiger partial charge in [-0.05, 0) is 66.4 Å². The van der Waals surface area contributed by atoms with Crippen molar-refractivity contribution in [1.29, 1.82) is 0 Å². The topological polar surface area (TPSA) is 86.7 Å². The number of nitrogens with one attached hydrogen (secondary N) is 1. The Morgan fingerprint density at radius 2 is 1.77 bits per heavy atom. The molecular weight excluding hydrogens is 549 g/mol. The molecule has 1 amide bonds. The van der Waals surface area contributed by atoms with Gasteiger partial charge in [0.2, 0.25) is 10.0 Å². The van der Waals surface area contributed by atoms with E-state index in [9.17, 15) is 31.5 Å². The number of fused-ring (bicyclic) bond motifs is 1. The molecule has 184 valence electrons. The molecule has 11 heteroatoms. The van der Waals surface area contributed by atoms with Crippen LogP contribution in [0.4, 0.5) is 24.5 Å². The summed E-state index contributed by atoms with van der Waals surface area (Å²) in [4.78, 5) is 14.7. The Morgan fingerprint density at radius 1 is 1.06 bits per heavy atom. The van der Waals surface area contributed by atoms with Crippen LogP contribution in [0.25, 0.3) is 11.1 Å². The number of phenolic OH excluding ortho intramolecular Hbond substituents is 1. The van der Waals surface area contributed by atoms with E-state index in [0.717, 1.165) is 17.7 Å². The first-order valence-electron chi connectivity index (χ1n) is 10.5. The molecule has 6 nitrogen and oxygen atoms in total. The zero-order valence-corrected chi connectivity index (χ0v) is 20.8. The highest BCUT2D eigenvalue weighted by Crippen LogP contribution is 2.37. The lowest BCUT2D eigenvalue weighted by Crippen LogP contribution is -2.37. The van der Waals surface area contributed by atoms with Crippen LogP contribution in [-0.2, 0) is 22.6 Å². The van der Waals surface area contributed by atoms with Gasteiger partial charge in [0.1, 0.15) is 5.75 Å². The maximum atomic E-state index is 13.2. The number of carbonyl (C=O) groups excluding carboxylic acids is 1. The van der Waals surface area contributed by atoms with Crippen LogP contribution in [0.2, 0.25) is 0 Å². The van der Waals surface area contributed by atoms with Crippen molar-refractivity contribution in [3.05, 3.63) is 75.8 Å². The average Bonchev–Trinajstić information content (AvgIpc) is 2.80. The number of anilines is 2. The summed E-state index contributed by atoms with van der Waals surface area (Å²) < 4.78 is 65.4. The lowest BCUT2D eigenvalue weighted by molar-refractivity contribution is -0.137. The quantitative estimate of drug-likeness (QED) is 0.380. The molecule has 0 radical (unpaired) electrons. The van der Waals surface area contributed by atoms with Crippen molar-refractivity contribution >= 4 is 43.2 Å². The Balaban J connectivity index is 1.63. The van der Waals surface area contributed by atoms with Crippen molar-refractivity contribution in [2.75, 3.05) is 21.9 Å².